The third-order valence-corrected chi connectivity index (χ3v) is 3.13. The highest BCUT2D eigenvalue weighted by molar-refractivity contribution is 6.32. The fourth-order valence-corrected chi connectivity index (χ4v) is 1.49. The lowest BCUT2D eigenvalue weighted by Crippen LogP contribution is -2.17. The van der Waals surface area contributed by atoms with E-state index in [-0.39, 0.29) is 23.9 Å². The summed E-state index contributed by atoms with van der Waals surface area (Å²) in [7, 11) is 1.67. The van der Waals surface area contributed by atoms with Crippen molar-refractivity contribution >= 4 is 30.6 Å². The van der Waals surface area contributed by atoms with Crippen LogP contribution in [0.25, 0.3) is 0 Å². The van der Waals surface area contributed by atoms with Gasteiger partial charge in [0.25, 0.3) is 0 Å². The van der Waals surface area contributed by atoms with Gasteiger partial charge in [0, 0.05) is 11.3 Å². The highest BCUT2D eigenvalue weighted by atomic mass is 19.1. The maximum Gasteiger partial charge on any atom is 0.177 e. The number of rotatable bonds is 5. The Kier molecular flexibility index (Phi) is 5.04. The van der Waals surface area contributed by atoms with Crippen LogP contribution in [0.5, 0.6) is 0 Å². The molecule has 1 aromatic carbocycles. The number of halogens is 1. The van der Waals surface area contributed by atoms with Crippen LogP contribution < -0.4 is 10.8 Å². The number of ketones is 2. The van der Waals surface area contributed by atoms with Crippen LogP contribution in [-0.4, -0.2) is 26.0 Å². The molecule has 0 atom stereocenters. The van der Waals surface area contributed by atoms with Gasteiger partial charge in [0.2, 0.25) is 0 Å². The average molecular weight is 261 g/mol. The molecule has 19 heavy (non-hydrogen) atoms. The number of hydrogen-bond donors (Lipinski definition) is 1. The van der Waals surface area contributed by atoms with Gasteiger partial charge in [0.1, 0.15) is 13.7 Å². The molecule has 0 spiro atoms. The molecule has 100 valence electrons. The van der Waals surface area contributed by atoms with Crippen LogP contribution in [-0.2, 0) is 9.59 Å². The normalized spacial score (nSPS) is 11.8. The van der Waals surface area contributed by atoms with Gasteiger partial charge in [-0.15, -0.1) is 0 Å². The van der Waals surface area contributed by atoms with Gasteiger partial charge in [-0.3, -0.25) is 9.59 Å². The molecule has 0 bridgehead atoms. The third-order valence-electron chi connectivity index (χ3n) is 3.13. The number of allylic oxidation sites excluding steroid dienone is 1. The summed E-state index contributed by atoms with van der Waals surface area (Å²) < 4.78 is 13.3. The Morgan fingerprint density at radius 1 is 1.21 bits per heavy atom. The second kappa shape index (κ2) is 6.32. The Labute approximate surface area is 113 Å². The summed E-state index contributed by atoms with van der Waals surface area (Å²) in [5.74, 6) is -0.606. The molecule has 0 aliphatic carbocycles. The van der Waals surface area contributed by atoms with Crippen molar-refractivity contribution in [3.05, 3.63) is 35.2 Å². The topological polar surface area (TPSA) is 46.2 Å². The number of carbonyl (C=O) groups is 2. The summed E-state index contributed by atoms with van der Waals surface area (Å²) in [6, 6.07) is 4.70. The SMILES string of the molecule is Bc1ccc(NCC(=O)/C(C)=C(/C)C(C)=O)cc1F. The van der Waals surface area contributed by atoms with Crippen molar-refractivity contribution in [3.8, 4) is 0 Å². The minimum atomic E-state index is -0.315. The summed E-state index contributed by atoms with van der Waals surface area (Å²) in [6.07, 6.45) is 0. The molecule has 0 amide bonds. The smallest absolute Gasteiger partial charge is 0.177 e. The van der Waals surface area contributed by atoms with Crippen molar-refractivity contribution in [2.75, 3.05) is 11.9 Å². The lowest BCUT2D eigenvalue weighted by molar-refractivity contribution is -0.116. The first-order chi connectivity index (χ1) is 8.82. The van der Waals surface area contributed by atoms with Gasteiger partial charge in [-0.1, -0.05) is 11.5 Å². The van der Waals surface area contributed by atoms with Crippen molar-refractivity contribution in [2.45, 2.75) is 20.8 Å². The van der Waals surface area contributed by atoms with Crippen LogP contribution in [0.15, 0.2) is 29.3 Å². The van der Waals surface area contributed by atoms with E-state index in [4.69, 9.17) is 0 Å². The lowest BCUT2D eigenvalue weighted by atomic mass is 9.95. The number of hydrogen-bond acceptors (Lipinski definition) is 3. The number of carbonyl (C=O) groups excluding carboxylic acids is 2. The van der Waals surface area contributed by atoms with E-state index in [9.17, 15) is 14.0 Å². The predicted octanol–water partition coefficient (Wildman–Crippen LogP) is 0.990. The molecule has 0 unspecified atom stereocenters. The van der Waals surface area contributed by atoms with Gasteiger partial charge in [0.15, 0.2) is 11.6 Å². The van der Waals surface area contributed by atoms with Gasteiger partial charge in [-0.25, -0.2) is 4.39 Å². The fraction of sp³-hybridized carbons (Fsp3) is 0.286. The maximum atomic E-state index is 13.3. The van der Waals surface area contributed by atoms with E-state index >= 15 is 0 Å². The molecule has 1 N–H and O–H groups in total. The molecule has 5 heteroatoms. The predicted molar refractivity (Wildman–Crippen MR) is 77.1 cm³/mol. The molecule has 3 nitrogen and oxygen atoms in total. The van der Waals surface area contributed by atoms with Gasteiger partial charge >= 0.3 is 0 Å². The van der Waals surface area contributed by atoms with Crippen molar-refractivity contribution in [1.82, 2.24) is 0 Å². The average Bonchev–Trinajstić information content (AvgIpc) is 2.37. The van der Waals surface area contributed by atoms with E-state index in [1.165, 1.54) is 13.0 Å². The fourth-order valence-electron chi connectivity index (χ4n) is 1.49. The molecule has 0 fully saturated rings. The van der Waals surface area contributed by atoms with E-state index in [0.29, 0.717) is 22.3 Å². The number of anilines is 1. The number of benzene rings is 1. The quantitative estimate of drug-likeness (QED) is 0.635. The standard InChI is InChI=1S/C14H17BFNO2/c1-8(10(3)18)9(2)14(19)7-17-11-4-5-12(15)13(16)6-11/h4-6,17H,7,15H2,1-3H3/b9-8-. The summed E-state index contributed by atoms with van der Waals surface area (Å²) in [4.78, 5) is 23.0. The summed E-state index contributed by atoms with van der Waals surface area (Å²) >= 11 is 0. The molecule has 0 aliphatic rings. The Hall–Kier alpha value is -1.91. The molecule has 0 aromatic heterocycles. The third kappa shape index (κ3) is 4.05. The molecule has 0 saturated heterocycles. The molecule has 1 aromatic rings. The van der Waals surface area contributed by atoms with E-state index in [1.807, 2.05) is 0 Å². The van der Waals surface area contributed by atoms with Gasteiger partial charge < -0.3 is 5.32 Å². The van der Waals surface area contributed by atoms with E-state index in [2.05, 4.69) is 5.32 Å². The molecular weight excluding hydrogens is 244 g/mol. The highest BCUT2D eigenvalue weighted by Gasteiger charge is 2.10. The monoisotopic (exact) mass is 261 g/mol. The van der Waals surface area contributed by atoms with Crippen molar-refractivity contribution < 1.29 is 14.0 Å². The van der Waals surface area contributed by atoms with Crippen LogP contribution in [0, 0.1) is 5.82 Å². The van der Waals surface area contributed by atoms with Crippen LogP contribution in [0.2, 0.25) is 0 Å². The zero-order chi connectivity index (χ0) is 14.6. The van der Waals surface area contributed by atoms with Crippen LogP contribution >= 0.6 is 0 Å². The van der Waals surface area contributed by atoms with Gasteiger partial charge in [-0.2, -0.15) is 0 Å². The van der Waals surface area contributed by atoms with Gasteiger partial charge in [0.05, 0.1) is 6.54 Å². The Morgan fingerprint density at radius 2 is 1.84 bits per heavy atom. The highest BCUT2D eigenvalue weighted by Crippen LogP contribution is 2.09. The minimum Gasteiger partial charge on any atom is -0.378 e. The summed E-state index contributed by atoms with van der Waals surface area (Å²) in [6.45, 7) is 4.71. The lowest BCUT2D eigenvalue weighted by Gasteiger charge is -2.08. The second-order valence-corrected chi connectivity index (χ2v) is 4.55. The van der Waals surface area contributed by atoms with Crippen LogP contribution in [0.1, 0.15) is 20.8 Å². The number of Topliss-reactive ketones (excluding diaryl/α,β-unsaturated/α-hetero) is 2. The van der Waals surface area contributed by atoms with Gasteiger partial charge in [-0.05, 0) is 38.5 Å². The first-order valence-corrected chi connectivity index (χ1v) is 6.04. The molecule has 0 saturated carbocycles. The van der Waals surface area contributed by atoms with Crippen molar-refractivity contribution in [3.63, 3.8) is 0 Å². The first-order valence-electron chi connectivity index (χ1n) is 6.04. The molecule has 0 aliphatic heterocycles. The Morgan fingerprint density at radius 3 is 2.37 bits per heavy atom. The largest absolute Gasteiger partial charge is 0.378 e. The summed E-state index contributed by atoms with van der Waals surface area (Å²) in [5, 5.41) is 2.85. The molecule has 0 radical (unpaired) electrons. The van der Waals surface area contributed by atoms with Crippen molar-refractivity contribution in [2.24, 2.45) is 0 Å². The Bertz CT molecular complexity index is 552. The first kappa shape index (κ1) is 15.2. The zero-order valence-electron chi connectivity index (χ0n) is 11.6. The maximum absolute atomic E-state index is 13.3. The number of nitrogens with one attached hydrogen (secondary N) is 1. The minimum absolute atomic E-state index is 0.0406. The van der Waals surface area contributed by atoms with E-state index < -0.39 is 0 Å². The summed E-state index contributed by atoms with van der Waals surface area (Å²) in [5.41, 5.74) is 2.00. The van der Waals surface area contributed by atoms with Crippen molar-refractivity contribution in [1.29, 1.82) is 0 Å². The van der Waals surface area contributed by atoms with E-state index in [0.717, 1.165) is 0 Å². The van der Waals surface area contributed by atoms with E-state index in [1.54, 1.807) is 33.8 Å². The second-order valence-electron chi connectivity index (χ2n) is 4.55. The molecular formula is C14H17BFNO2. The molecule has 0 heterocycles. The van der Waals surface area contributed by atoms with Crippen LogP contribution in [0.3, 0.4) is 0 Å². The zero-order valence-corrected chi connectivity index (χ0v) is 11.6. The van der Waals surface area contributed by atoms with Crippen LogP contribution in [0.4, 0.5) is 10.1 Å². The molecule has 1 rings (SSSR count). The Balaban J connectivity index is 2.72.